The number of hydrogen-bond acceptors (Lipinski definition) is 3. The van der Waals surface area contributed by atoms with E-state index in [0.29, 0.717) is 16.6 Å². The molecular formula is C15H17ClN4O. The first-order valence-electron chi connectivity index (χ1n) is 6.96. The summed E-state index contributed by atoms with van der Waals surface area (Å²) in [4.78, 5) is 12.3. The number of nitrogens with two attached hydrogens (primary N) is 1. The maximum absolute atomic E-state index is 12.3. The molecule has 0 aliphatic heterocycles. The Balaban J connectivity index is 1.74. The van der Waals surface area contributed by atoms with E-state index in [1.54, 1.807) is 6.07 Å². The van der Waals surface area contributed by atoms with Crippen LogP contribution in [0.25, 0.3) is 0 Å². The molecule has 1 aromatic carbocycles. The monoisotopic (exact) mass is 304 g/mol. The SMILES string of the molecule is CC(NC(=O)c1n[nH]c(C2CC2)c1N)c1cccc(Cl)c1. The molecule has 4 N–H and O–H groups in total. The molecule has 1 saturated carbocycles. The topological polar surface area (TPSA) is 83.8 Å². The summed E-state index contributed by atoms with van der Waals surface area (Å²) in [6, 6.07) is 7.23. The van der Waals surface area contributed by atoms with Crippen molar-refractivity contribution in [2.24, 2.45) is 0 Å². The number of anilines is 1. The lowest BCUT2D eigenvalue weighted by atomic mass is 10.1. The van der Waals surface area contributed by atoms with Gasteiger partial charge >= 0.3 is 0 Å². The van der Waals surface area contributed by atoms with Crippen molar-refractivity contribution in [1.82, 2.24) is 15.5 Å². The molecule has 6 heteroatoms. The quantitative estimate of drug-likeness (QED) is 0.812. The van der Waals surface area contributed by atoms with Crippen molar-refractivity contribution in [3.05, 3.63) is 46.2 Å². The zero-order valence-corrected chi connectivity index (χ0v) is 12.4. The fourth-order valence-electron chi connectivity index (χ4n) is 2.34. The van der Waals surface area contributed by atoms with Crippen LogP contribution in [0.5, 0.6) is 0 Å². The van der Waals surface area contributed by atoms with E-state index in [9.17, 15) is 4.79 Å². The van der Waals surface area contributed by atoms with Crippen molar-refractivity contribution in [2.45, 2.75) is 31.7 Å². The largest absolute Gasteiger partial charge is 0.395 e. The summed E-state index contributed by atoms with van der Waals surface area (Å²) >= 11 is 5.96. The normalized spacial score (nSPS) is 15.7. The molecule has 21 heavy (non-hydrogen) atoms. The number of nitrogens with zero attached hydrogens (tertiary/aromatic N) is 1. The van der Waals surface area contributed by atoms with Crippen molar-refractivity contribution in [2.75, 3.05) is 5.73 Å². The number of aromatic nitrogens is 2. The van der Waals surface area contributed by atoms with Crippen LogP contribution in [-0.2, 0) is 0 Å². The second-order valence-corrected chi connectivity index (χ2v) is 5.86. The van der Waals surface area contributed by atoms with E-state index in [-0.39, 0.29) is 17.6 Å². The van der Waals surface area contributed by atoms with Gasteiger partial charge in [-0.25, -0.2) is 0 Å². The Morgan fingerprint density at radius 3 is 2.95 bits per heavy atom. The number of H-pyrrole nitrogens is 1. The van der Waals surface area contributed by atoms with Gasteiger partial charge in [-0.3, -0.25) is 9.89 Å². The second kappa shape index (κ2) is 5.41. The van der Waals surface area contributed by atoms with Crippen molar-refractivity contribution in [1.29, 1.82) is 0 Å². The minimum absolute atomic E-state index is 0.170. The van der Waals surface area contributed by atoms with Gasteiger partial charge in [-0.2, -0.15) is 5.10 Å². The minimum Gasteiger partial charge on any atom is -0.395 e. The van der Waals surface area contributed by atoms with Gasteiger partial charge in [-0.05, 0) is 37.5 Å². The van der Waals surface area contributed by atoms with Gasteiger partial charge < -0.3 is 11.1 Å². The zero-order chi connectivity index (χ0) is 15.0. The molecule has 1 aliphatic rings. The Morgan fingerprint density at radius 1 is 1.52 bits per heavy atom. The molecule has 0 bridgehead atoms. The molecule has 1 heterocycles. The Morgan fingerprint density at radius 2 is 2.29 bits per heavy atom. The highest BCUT2D eigenvalue weighted by Gasteiger charge is 2.30. The van der Waals surface area contributed by atoms with E-state index in [2.05, 4.69) is 15.5 Å². The van der Waals surface area contributed by atoms with E-state index in [0.717, 1.165) is 24.1 Å². The summed E-state index contributed by atoms with van der Waals surface area (Å²) in [7, 11) is 0. The third-order valence-electron chi connectivity index (χ3n) is 3.73. The number of benzene rings is 1. The van der Waals surface area contributed by atoms with Gasteiger partial charge in [-0.1, -0.05) is 23.7 Å². The molecule has 2 aromatic rings. The Hall–Kier alpha value is -2.01. The number of nitrogens with one attached hydrogen (secondary N) is 2. The summed E-state index contributed by atoms with van der Waals surface area (Å²) in [5.74, 6) is 0.160. The highest BCUT2D eigenvalue weighted by atomic mass is 35.5. The summed E-state index contributed by atoms with van der Waals surface area (Å²) in [5, 5.41) is 10.5. The van der Waals surface area contributed by atoms with Crippen LogP contribution in [0.3, 0.4) is 0 Å². The molecular weight excluding hydrogens is 288 g/mol. The molecule has 110 valence electrons. The molecule has 0 spiro atoms. The summed E-state index contributed by atoms with van der Waals surface area (Å²) in [6.07, 6.45) is 2.21. The number of halogens is 1. The van der Waals surface area contributed by atoms with Crippen LogP contribution in [0.4, 0.5) is 5.69 Å². The number of rotatable bonds is 4. The number of aromatic amines is 1. The van der Waals surface area contributed by atoms with E-state index in [1.165, 1.54) is 0 Å². The molecule has 0 saturated heterocycles. The van der Waals surface area contributed by atoms with Gasteiger partial charge in [0.2, 0.25) is 0 Å². The first-order valence-corrected chi connectivity index (χ1v) is 7.34. The van der Waals surface area contributed by atoms with Gasteiger partial charge in [0, 0.05) is 10.9 Å². The van der Waals surface area contributed by atoms with Gasteiger partial charge in [0.05, 0.1) is 17.4 Å². The fraction of sp³-hybridized carbons (Fsp3) is 0.333. The number of carbonyl (C=O) groups excluding carboxylic acids is 1. The van der Waals surface area contributed by atoms with Crippen molar-refractivity contribution >= 4 is 23.2 Å². The predicted octanol–water partition coefficient (Wildman–Crippen LogP) is 3.01. The lowest BCUT2D eigenvalue weighted by Crippen LogP contribution is -2.27. The maximum atomic E-state index is 12.3. The number of hydrogen-bond donors (Lipinski definition) is 3. The van der Waals surface area contributed by atoms with Gasteiger partial charge in [0.15, 0.2) is 5.69 Å². The van der Waals surface area contributed by atoms with Crippen LogP contribution in [0, 0.1) is 0 Å². The molecule has 1 amide bonds. The number of nitrogen functional groups attached to an aromatic ring is 1. The van der Waals surface area contributed by atoms with Crippen molar-refractivity contribution < 1.29 is 4.79 Å². The van der Waals surface area contributed by atoms with Gasteiger partial charge in [-0.15, -0.1) is 0 Å². The molecule has 1 atom stereocenters. The number of carbonyl (C=O) groups is 1. The van der Waals surface area contributed by atoms with Crippen LogP contribution in [0.15, 0.2) is 24.3 Å². The van der Waals surface area contributed by atoms with Gasteiger partial charge in [0.25, 0.3) is 5.91 Å². The third kappa shape index (κ3) is 2.88. The Labute approximate surface area is 127 Å². The Bertz CT molecular complexity index is 678. The van der Waals surface area contributed by atoms with E-state index in [4.69, 9.17) is 17.3 Å². The smallest absolute Gasteiger partial charge is 0.274 e. The summed E-state index contributed by atoms with van der Waals surface area (Å²) in [5.41, 5.74) is 8.57. The lowest BCUT2D eigenvalue weighted by Gasteiger charge is -2.14. The number of amides is 1. The summed E-state index contributed by atoms with van der Waals surface area (Å²) < 4.78 is 0. The fourth-order valence-corrected chi connectivity index (χ4v) is 2.54. The van der Waals surface area contributed by atoms with E-state index >= 15 is 0 Å². The van der Waals surface area contributed by atoms with Crippen molar-refractivity contribution in [3.63, 3.8) is 0 Å². The molecule has 1 fully saturated rings. The third-order valence-corrected chi connectivity index (χ3v) is 3.97. The maximum Gasteiger partial charge on any atom is 0.274 e. The van der Waals surface area contributed by atoms with Crippen LogP contribution in [0.1, 0.15) is 53.5 Å². The molecule has 1 aromatic heterocycles. The minimum atomic E-state index is -0.275. The average Bonchev–Trinajstić information content (AvgIpc) is 3.21. The molecule has 0 radical (unpaired) electrons. The average molecular weight is 305 g/mol. The molecule has 5 nitrogen and oxygen atoms in total. The standard InChI is InChI=1S/C15H17ClN4O/c1-8(10-3-2-4-11(16)7-10)18-15(21)14-12(17)13(19-20-14)9-5-6-9/h2-4,7-9H,5-6,17H2,1H3,(H,18,21)(H,19,20). The summed E-state index contributed by atoms with van der Waals surface area (Å²) in [6.45, 7) is 1.90. The van der Waals surface area contributed by atoms with Gasteiger partial charge in [0.1, 0.15) is 0 Å². The van der Waals surface area contributed by atoms with E-state index < -0.39 is 0 Å². The predicted molar refractivity (Wildman–Crippen MR) is 82.3 cm³/mol. The second-order valence-electron chi connectivity index (χ2n) is 5.42. The lowest BCUT2D eigenvalue weighted by molar-refractivity contribution is 0.0935. The highest BCUT2D eigenvalue weighted by Crippen LogP contribution is 2.42. The molecule has 1 unspecified atom stereocenters. The first kappa shape index (κ1) is 13.9. The zero-order valence-electron chi connectivity index (χ0n) is 11.7. The van der Waals surface area contributed by atoms with E-state index in [1.807, 2.05) is 25.1 Å². The van der Waals surface area contributed by atoms with Crippen LogP contribution in [-0.4, -0.2) is 16.1 Å². The molecule has 1 aliphatic carbocycles. The Kier molecular flexibility index (Phi) is 3.59. The first-order chi connectivity index (χ1) is 10.1. The van der Waals surface area contributed by atoms with Crippen LogP contribution in [0.2, 0.25) is 5.02 Å². The molecule has 3 rings (SSSR count). The van der Waals surface area contributed by atoms with Crippen molar-refractivity contribution in [3.8, 4) is 0 Å². The highest BCUT2D eigenvalue weighted by molar-refractivity contribution is 6.30. The van der Waals surface area contributed by atoms with Crippen LogP contribution >= 0.6 is 11.6 Å². The van der Waals surface area contributed by atoms with Crippen LogP contribution < -0.4 is 11.1 Å².